The van der Waals surface area contributed by atoms with E-state index < -0.39 is 11.9 Å². The summed E-state index contributed by atoms with van der Waals surface area (Å²) in [5.74, 6) is -0.0934. The van der Waals surface area contributed by atoms with Gasteiger partial charge in [-0.25, -0.2) is 14.8 Å². The number of imidazole rings is 1. The van der Waals surface area contributed by atoms with Crippen LogP contribution in [0.5, 0.6) is 0 Å². The number of carboxylic acid groups (broad SMARTS) is 1. The Morgan fingerprint density at radius 3 is 2.79 bits per heavy atom. The van der Waals surface area contributed by atoms with Crippen LogP contribution in [0.15, 0.2) is 24.4 Å². The van der Waals surface area contributed by atoms with E-state index in [-0.39, 0.29) is 11.6 Å². The minimum Gasteiger partial charge on any atom is -0.478 e. The molecule has 9 nitrogen and oxygen atoms in total. The summed E-state index contributed by atoms with van der Waals surface area (Å²) < 4.78 is 0. The Hall–Kier alpha value is -3.67. The second-order valence-electron chi connectivity index (χ2n) is 6.63. The Labute approximate surface area is 161 Å². The summed E-state index contributed by atoms with van der Waals surface area (Å²) in [5.41, 5.74) is 0.995. The highest BCUT2D eigenvalue weighted by Crippen LogP contribution is 2.29. The normalized spacial score (nSPS) is 14.8. The molecule has 1 fully saturated rings. The number of amides is 1. The van der Waals surface area contributed by atoms with Gasteiger partial charge in [-0.05, 0) is 37.0 Å². The highest BCUT2D eigenvalue weighted by Gasteiger charge is 2.22. The van der Waals surface area contributed by atoms with Gasteiger partial charge >= 0.3 is 11.9 Å². The minimum absolute atomic E-state index is 0.0408. The van der Waals surface area contributed by atoms with Gasteiger partial charge in [-0.2, -0.15) is 0 Å². The summed E-state index contributed by atoms with van der Waals surface area (Å²) in [4.78, 5) is 39.6. The van der Waals surface area contributed by atoms with Crippen molar-refractivity contribution < 1.29 is 14.7 Å². The molecule has 0 aromatic carbocycles. The number of carbonyl (C=O) groups is 2. The van der Waals surface area contributed by atoms with Gasteiger partial charge in [0.2, 0.25) is 5.82 Å². The largest absolute Gasteiger partial charge is 0.478 e. The van der Waals surface area contributed by atoms with Crippen LogP contribution in [0.25, 0.3) is 10.9 Å². The first-order chi connectivity index (χ1) is 13.5. The molecule has 3 rings (SSSR count). The van der Waals surface area contributed by atoms with E-state index >= 15 is 0 Å². The number of nitrogens with zero attached hydrogens (tertiary/aromatic N) is 4. The lowest BCUT2D eigenvalue weighted by molar-refractivity contribution is -0.131. The van der Waals surface area contributed by atoms with Crippen molar-refractivity contribution in [3.05, 3.63) is 47.3 Å². The maximum absolute atomic E-state index is 12.5. The average molecular weight is 380 g/mol. The molecule has 1 saturated heterocycles. The Bertz CT molecular complexity index is 951. The molecule has 0 unspecified atom stereocenters. The number of hydrogen-bond donors (Lipinski definition) is 3. The zero-order chi connectivity index (χ0) is 20.1. The Kier molecular flexibility index (Phi) is 5.69. The monoisotopic (exact) mass is 380 g/mol. The molecule has 0 aliphatic carbocycles. The lowest BCUT2D eigenvalue weighted by Crippen LogP contribution is -2.34. The molecule has 0 spiro atoms. The standard InChI is InChI=1S/C19H20N6O3/c1-12-7-9-25(10-8-12)18-14(5-3-13(22-18)4-6-16(26)27)23-19(28)17-21-11-15(20-2)24-17/h3-6,11-12H,7-10H2,1H3,(H,21,24)(H,23,28)(H,26,27). The number of H-pyrrole nitrogens is 1. The second-order valence-corrected chi connectivity index (χ2v) is 6.63. The first kappa shape index (κ1) is 19.1. The summed E-state index contributed by atoms with van der Waals surface area (Å²) in [6.07, 6.45) is 5.76. The number of hydrogen-bond acceptors (Lipinski definition) is 5. The number of carboxylic acids is 1. The van der Waals surface area contributed by atoms with Crippen LogP contribution in [0.1, 0.15) is 36.1 Å². The van der Waals surface area contributed by atoms with Gasteiger partial charge in [0.25, 0.3) is 5.82 Å². The van der Waals surface area contributed by atoms with Crippen LogP contribution in [-0.2, 0) is 4.79 Å². The van der Waals surface area contributed by atoms with Gasteiger partial charge in [0.1, 0.15) is 0 Å². The fourth-order valence-electron chi connectivity index (χ4n) is 2.94. The number of aromatic amines is 1. The van der Waals surface area contributed by atoms with E-state index in [0.717, 1.165) is 32.0 Å². The molecule has 3 N–H and O–H groups in total. The van der Waals surface area contributed by atoms with Gasteiger partial charge in [-0.1, -0.05) is 13.5 Å². The van der Waals surface area contributed by atoms with Crippen LogP contribution in [-0.4, -0.2) is 45.0 Å². The van der Waals surface area contributed by atoms with Gasteiger partial charge in [0.15, 0.2) is 5.82 Å². The molecule has 3 heterocycles. The quantitative estimate of drug-likeness (QED) is 0.543. The molecule has 0 saturated carbocycles. The molecule has 0 atom stereocenters. The Morgan fingerprint density at radius 2 is 2.14 bits per heavy atom. The molecular formula is C19H20N6O3. The number of rotatable bonds is 5. The van der Waals surface area contributed by atoms with Crippen molar-refractivity contribution >= 4 is 35.3 Å². The summed E-state index contributed by atoms with van der Waals surface area (Å²) in [7, 11) is 0. The molecule has 1 aliphatic rings. The third-order valence-corrected chi connectivity index (χ3v) is 4.52. The smallest absolute Gasteiger partial charge is 0.328 e. The molecule has 1 amide bonds. The third-order valence-electron chi connectivity index (χ3n) is 4.52. The van der Waals surface area contributed by atoms with E-state index in [0.29, 0.717) is 23.1 Å². The molecular weight excluding hydrogens is 360 g/mol. The first-order valence-corrected chi connectivity index (χ1v) is 8.87. The van der Waals surface area contributed by atoms with Crippen molar-refractivity contribution in [2.24, 2.45) is 5.92 Å². The number of nitrogens with one attached hydrogen (secondary N) is 2. The summed E-state index contributed by atoms with van der Waals surface area (Å²) in [6.45, 7) is 10.7. The van der Waals surface area contributed by atoms with E-state index in [4.69, 9.17) is 11.7 Å². The summed E-state index contributed by atoms with van der Waals surface area (Å²) in [6, 6.07) is 3.33. The summed E-state index contributed by atoms with van der Waals surface area (Å²) in [5, 5.41) is 11.6. The van der Waals surface area contributed by atoms with Crippen LogP contribution in [0, 0.1) is 12.5 Å². The number of carbonyl (C=O) groups excluding carboxylic acids is 1. The van der Waals surface area contributed by atoms with E-state index in [9.17, 15) is 9.59 Å². The summed E-state index contributed by atoms with van der Waals surface area (Å²) >= 11 is 0. The molecule has 2 aromatic heterocycles. The first-order valence-electron chi connectivity index (χ1n) is 8.87. The molecule has 2 aromatic rings. The predicted molar refractivity (Wildman–Crippen MR) is 104 cm³/mol. The van der Waals surface area contributed by atoms with Gasteiger partial charge in [-0.3, -0.25) is 9.78 Å². The minimum atomic E-state index is -1.05. The molecule has 28 heavy (non-hydrogen) atoms. The lowest BCUT2D eigenvalue weighted by atomic mass is 9.99. The van der Waals surface area contributed by atoms with Gasteiger partial charge in [0.05, 0.1) is 17.6 Å². The highest BCUT2D eigenvalue weighted by atomic mass is 16.4. The molecule has 0 bridgehead atoms. The van der Waals surface area contributed by atoms with Crippen molar-refractivity contribution in [2.45, 2.75) is 19.8 Å². The SMILES string of the molecule is [C-]#[N+]c1cnc(C(=O)Nc2ccc(C=CC(=O)O)nc2N2CCC(C)CC2)[nH]1. The van der Waals surface area contributed by atoms with Gasteiger partial charge in [0, 0.05) is 19.2 Å². The lowest BCUT2D eigenvalue weighted by Gasteiger charge is -2.32. The number of aliphatic carboxylic acids is 1. The average Bonchev–Trinajstić information content (AvgIpc) is 3.17. The van der Waals surface area contributed by atoms with E-state index in [2.05, 4.69) is 36.9 Å². The number of pyridine rings is 1. The van der Waals surface area contributed by atoms with Crippen LogP contribution in [0.3, 0.4) is 0 Å². The number of anilines is 2. The van der Waals surface area contributed by atoms with Gasteiger partial charge < -0.3 is 20.2 Å². The number of piperidine rings is 1. The predicted octanol–water partition coefficient (Wildman–Crippen LogP) is 2.94. The Balaban J connectivity index is 1.88. The van der Waals surface area contributed by atoms with E-state index in [1.807, 2.05) is 0 Å². The van der Waals surface area contributed by atoms with Gasteiger partial charge in [-0.15, -0.1) is 0 Å². The van der Waals surface area contributed by atoms with Crippen LogP contribution in [0.4, 0.5) is 17.3 Å². The van der Waals surface area contributed by atoms with Crippen molar-refractivity contribution in [3.63, 3.8) is 0 Å². The molecule has 144 valence electrons. The molecule has 0 radical (unpaired) electrons. The van der Waals surface area contributed by atoms with Crippen molar-refractivity contribution in [1.29, 1.82) is 0 Å². The second kappa shape index (κ2) is 8.35. The maximum Gasteiger partial charge on any atom is 0.328 e. The maximum atomic E-state index is 12.5. The zero-order valence-electron chi connectivity index (χ0n) is 15.3. The fraction of sp³-hybridized carbons (Fsp3) is 0.316. The van der Waals surface area contributed by atoms with Crippen molar-refractivity contribution in [1.82, 2.24) is 15.0 Å². The topological polar surface area (TPSA) is 116 Å². The van der Waals surface area contributed by atoms with Crippen LogP contribution >= 0.6 is 0 Å². The number of aromatic nitrogens is 3. The third kappa shape index (κ3) is 4.54. The molecule has 9 heteroatoms. The zero-order valence-corrected chi connectivity index (χ0v) is 15.3. The highest BCUT2D eigenvalue weighted by molar-refractivity contribution is 6.03. The Morgan fingerprint density at radius 1 is 1.39 bits per heavy atom. The van der Waals surface area contributed by atoms with Crippen molar-refractivity contribution in [2.75, 3.05) is 23.3 Å². The molecule has 1 aliphatic heterocycles. The van der Waals surface area contributed by atoms with Crippen molar-refractivity contribution in [3.8, 4) is 0 Å². The van der Waals surface area contributed by atoms with E-state index in [1.165, 1.54) is 12.3 Å². The van der Waals surface area contributed by atoms with Crippen LogP contribution < -0.4 is 10.2 Å². The van der Waals surface area contributed by atoms with E-state index in [1.54, 1.807) is 12.1 Å². The van der Waals surface area contributed by atoms with Crippen LogP contribution in [0.2, 0.25) is 0 Å². The fourth-order valence-corrected chi connectivity index (χ4v) is 2.94.